The molecule has 0 aliphatic carbocycles. The van der Waals surface area contributed by atoms with Crippen LogP contribution in [0.4, 0.5) is 0 Å². The second-order valence-corrected chi connectivity index (χ2v) is 3.55. The number of carbonyl (C=O) groups excluding carboxylic acids is 1. The minimum Gasteiger partial charge on any atom is -0.466 e. The van der Waals surface area contributed by atoms with Crippen molar-refractivity contribution in [1.82, 2.24) is 0 Å². The normalized spacial score (nSPS) is 9.38. The first-order chi connectivity index (χ1) is 4.92. The van der Waals surface area contributed by atoms with Crippen LogP contribution in [0.25, 0.3) is 0 Å². The molecule has 0 amide bonds. The summed E-state index contributed by atoms with van der Waals surface area (Å²) in [6, 6.07) is 0. The molecule has 0 saturated carbocycles. The standard InChI is InChI=1S/C5H10O5S.2CH4/c1-5(6)10-3-2-4-11(7,8)9;;/h2-4H2,1H3,(H,7,8,9);2*1H4. The minimum absolute atomic E-state index is 0. The first kappa shape index (κ1) is 18.2. The molecule has 0 atom stereocenters. The molecule has 0 saturated heterocycles. The van der Waals surface area contributed by atoms with Gasteiger partial charge in [-0.25, -0.2) is 0 Å². The molecule has 6 heteroatoms. The van der Waals surface area contributed by atoms with E-state index in [0.717, 1.165) is 0 Å². The highest BCUT2D eigenvalue weighted by Gasteiger charge is 2.03. The lowest BCUT2D eigenvalue weighted by Crippen LogP contribution is -2.08. The van der Waals surface area contributed by atoms with Gasteiger partial charge in [0.05, 0.1) is 12.4 Å². The van der Waals surface area contributed by atoms with Gasteiger partial charge in [-0.1, -0.05) is 14.9 Å². The largest absolute Gasteiger partial charge is 0.466 e. The molecular formula is C7H18O5S. The highest BCUT2D eigenvalue weighted by atomic mass is 32.2. The van der Waals surface area contributed by atoms with E-state index in [1.165, 1.54) is 6.92 Å². The lowest BCUT2D eigenvalue weighted by molar-refractivity contribution is -0.140. The van der Waals surface area contributed by atoms with E-state index in [0.29, 0.717) is 0 Å². The molecule has 0 aromatic carbocycles. The van der Waals surface area contributed by atoms with Gasteiger partial charge in [0, 0.05) is 6.92 Å². The molecule has 5 nitrogen and oxygen atoms in total. The number of hydrogen-bond acceptors (Lipinski definition) is 4. The fourth-order valence-corrected chi connectivity index (χ4v) is 0.940. The molecule has 0 aliphatic rings. The van der Waals surface area contributed by atoms with E-state index >= 15 is 0 Å². The van der Waals surface area contributed by atoms with Crippen molar-refractivity contribution in [2.75, 3.05) is 12.4 Å². The predicted octanol–water partition coefficient (Wildman–Crippen LogP) is 1.10. The summed E-state index contributed by atoms with van der Waals surface area (Å²) in [7, 11) is -3.91. The van der Waals surface area contributed by atoms with Gasteiger partial charge in [0.25, 0.3) is 10.1 Å². The van der Waals surface area contributed by atoms with Gasteiger partial charge in [-0.2, -0.15) is 8.42 Å². The van der Waals surface area contributed by atoms with E-state index in [1.807, 2.05) is 0 Å². The molecule has 0 bridgehead atoms. The van der Waals surface area contributed by atoms with E-state index in [1.54, 1.807) is 0 Å². The Labute approximate surface area is 79.8 Å². The summed E-state index contributed by atoms with van der Waals surface area (Å²) in [5.41, 5.74) is 0. The lowest BCUT2D eigenvalue weighted by Gasteiger charge is -1.98. The van der Waals surface area contributed by atoms with Crippen molar-refractivity contribution in [3.05, 3.63) is 0 Å². The first-order valence-electron chi connectivity index (χ1n) is 3.00. The Kier molecular flexibility index (Phi) is 11.2. The number of ether oxygens (including phenoxy) is 1. The van der Waals surface area contributed by atoms with E-state index < -0.39 is 16.1 Å². The van der Waals surface area contributed by atoms with Crippen LogP contribution in [-0.2, 0) is 19.6 Å². The molecule has 0 radical (unpaired) electrons. The van der Waals surface area contributed by atoms with Crippen molar-refractivity contribution >= 4 is 16.1 Å². The maximum Gasteiger partial charge on any atom is 0.302 e. The van der Waals surface area contributed by atoms with Crippen LogP contribution in [0.2, 0.25) is 0 Å². The quantitative estimate of drug-likeness (QED) is 0.430. The summed E-state index contributed by atoms with van der Waals surface area (Å²) in [6.45, 7) is 1.25. The zero-order valence-corrected chi connectivity index (χ0v) is 6.93. The van der Waals surface area contributed by atoms with Crippen LogP contribution in [0.5, 0.6) is 0 Å². The number of hydrogen-bond donors (Lipinski definition) is 1. The Morgan fingerprint density at radius 2 is 1.85 bits per heavy atom. The molecule has 0 aliphatic heterocycles. The van der Waals surface area contributed by atoms with Gasteiger partial charge in [0.2, 0.25) is 0 Å². The molecule has 0 spiro atoms. The van der Waals surface area contributed by atoms with Gasteiger partial charge < -0.3 is 4.74 Å². The van der Waals surface area contributed by atoms with Crippen LogP contribution in [0.3, 0.4) is 0 Å². The van der Waals surface area contributed by atoms with Crippen LogP contribution in [0, 0.1) is 0 Å². The average molecular weight is 214 g/mol. The molecule has 0 rings (SSSR count). The average Bonchev–Trinajstić information content (AvgIpc) is 1.78. The van der Waals surface area contributed by atoms with Crippen LogP contribution in [0.15, 0.2) is 0 Å². The van der Waals surface area contributed by atoms with Gasteiger partial charge in [0.1, 0.15) is 0 Å². The Balaban J connectivity index is -0.000000500. The zero-order chi connectivity index (χ0) is 8.91. The highest BCUT2D eigenvalue weighted by Crippen LogP contribution is 1.89. The molecule has 0 heterocycles. The molecule has 0 unspecified atom stereocenters. The third-order valence-corrected chi connectivity index (χ3v) is 1.66. The van der Waals surface area contributed by atoms with Crippen molar-refractivity contribution in [1.29, 1.82) is 0 Å². The third-order valence-electron chi connectivity index (χ3n) is 0.852. The van der Waals surface area contributed by atoms with Gasteiger partial charge in [-0.05, 0) is 6.42 Å². The van der Waals surface area contributed by atoms with Gasteiger partial charge in [0.15, 0.2) is 0 Å². The number of esters is 1. The summed E-state index contributed by atoms with van der Waals surface area (Å²) in [4.78, 5) is 10.1. The van der Waals surface area contributed by atoms with Gasteiger partial charge in [-0.15, -0.1) is 0 Å². The van der Waals surface area contributed by atoms with Crippen LogP contribution < -0.4 is 0 Å². The molecule has 13 heavy (non-hydrogen) atoms. The van der Waals surface area contributed by atoms with Crippen molar-refractivity contribution in [3.8, 4) is 0 Å². The van der Waals surface area contributed by atoms with Crippen LogP contribution in [0.1, 0.15) is 28.2 Å². The highest BCUT2D eigenvalue weighted by molar-refractivity contribution is 7.85. The summed E-state index contributed by atoms with van der Waals surface area (Å²) < 4.78 is 32.8. The summed E-state index contributed by atoms with van der Waals surface area (Å²) in [6.07, 6.45) is 0.123. The topological polar surface area (TPSA) is 80.7 Å². The van der Waals surface area contributed by atoms with E-state index in [4.69, 9.17) is 4.55 Å². The third kappa shape index (κ3) is 18.4. The Hall–Kier alpha value is -0.620. The monoisotopic (exact) mass is 214 g/mol. The summed E-state index contributed by atoms with van der Waals surface area (Å²) in [5.74, 6) is -0.833. The van der Waals surface area contributed by atoms with Crippen molar-refractivity contribution in [3.63, 3.8) is 0 Å². The maximum absolute atomic E-state index is 10.1. The molecular weight excluding hydrogens is 196 g/mol. The molecule has 82 valence electrons. The van der Waals surface area contributed by atoms with Crippen LogP contribution in [-0.4, -0.2) is 31.3 Å². The SMILES string of the molecule is C.C.CC(=O)OCCCS(=O)(=O)O. The van der Waals surface area contributed by atoms with E-state index in [9.17, 15) is 13.2 Å². The van der Waals surface area contributed by atoms with Crippen molar-refractivity contribution in [2.24, 2.45) is 0 Å². The van der Waals surface area contributed by atoms with Gasteiger partial charge >= 0.3 is 5.97 Å². The van der Waals surface area contributed by atoms with Gasteiger partial charge in [-0.3, -0.25) is 9.35 Å². The second kappa shape index (κ2) is 8.00. The molecule has 1 N–H and O–H groups in total. The Bertz CT molecular complexity index is 219. The molecule has 0 aromatic rings. The zero-order valence-electron chi connectivity index (χ0n) is 6.11. The van der Waals surface area contributed by atoms with E-state index in [2.05, 4.69) is 4.74 Å². The Morgan fingerprint density at radius 3 is 2.15 bits per heavy atom. The smallest absolute Gasteiger partial charge is 0.302 e. The number of rotatable bonds is 4. The summed E-state index contributed by atoms with van der Waals surface area (Å²) in [5, 5.41) is 0. The lowest BCUT2D eigenvalue weighted by atomic mass is 10.5. The van der Waals surface area contributed by atoms with Crippen molar-refractivity contribution in [2.45, 2.75) is 28.2 Å². The second-order valence-electron chi connectivity index (χ2n) is 1.98. The Morgan fingerprint density at radius 1 is 1.38 bits per heavy atom. The molecule has 0 aromatic heterocycles. The fourth-order valence-electron chi connectivity index (χ4n) is 0.457. The minimum atomic E-state index is -3.91. The van der Waals surface area contributed by atoms with Crippen molar-refractivity contribution < 1.29 is 22.5 Å². The van der Waals surface area contributed by atoms with E-state index in [-0.39, 0.29) is 33.6 Å². The fraction of sp³-hybridized carbons (Fsp3) is 0.857. The number of carbonyl (C=O) groups is 1. The maximum atomic E-state index is 10.1. The first-order valence-corrected chi connectivity index (χ1v) is 4.61. The summed E-state index contributed by atoms with van der Waals surface area (Å²) >= 11 is 0. The predicted molar refractivity (Wildman–Crippen MR) is 51.1 cm³/mol. The van der Waals surface area contributed by atoms with Crippen LogP contribution >= 0.6 is 0 Å². The molecule has 0 fully saturated rings.